The SMILES string of the molecule is C=Nc1ccc2c(N=C3/C=C\CN=C(C)SC4CC4C3)c3ccc(N)cc3nc2c1. The lowest BCUT2D eigenvalue weighted by molar-refractivity contribution is 0.901. The first-order valence-electron chi connectivity index (χ1n) is 10.1. The van der Waals surface area contributed by atoms with E-state index in [0.717, 1.165) is 45.3 Å². The van der Waals surface area contributed by atoms with Gasteiger partial charge in [0.25, 0.3) is 0 Å². The van der Waals surface area contributed by atoms with E-state index in [2.05, 4.69) is 35.8 Å². The van der Waals surface area contributed by atoms with Crippen LogP contribution in [-0.2, 0) is 0 Å². The van der Waals surface area contributed by atoms with E-state index in [9.17, 15) is 0 Å². The average molecular weight is 414 g/mol. The second kappa shape index (κ2) is 7.69. The highest BCUT2D eigenvalue weighted by molar-refractivity contribution is 8.14. The van der Waals surface area contributed by atoms with Gasteiger partial charge in [-0.3, -0.25) is 15.0 Å². The topological polar surface area (TPSA) is 76.0 Å². The Balaban J connectivity index is 1.69. The number of nitrogen functional groups attached to an aromatic ring is 1. The third kappa shape index (κ3) is 3.75. The minimum atomic E-state index is 0.660. The van der Waals surface area contributed by atoms with Gasteiger partial charge in [0.2, 0.25) is 0 Å². The maximum atomic E-state index is 6.03. The number of allylic oxidation sites excluding steroid dienone is 1. The molecular weight excluding hydrogens is 390 g/mol. The van der Waals surface area contributed by atoms with Crippen LogP contribution in [0.2, 0.25) is 0 Å². The van der Waals surface area contributed by atoms with E-state index in [-0.39, 0.29) is 0 Å². The summed E-state index contributed by atoms with van der Waals surface area (Å²) in [5.41, 5.74) is 11.2. The lowest BCUT2D eigenvalue weighted by Gasteiger charge is -2.11. The van der Waals surface area contributed by atoms with Crippen LogP contribution < -0.4 is 5.73 Å². The fourth-order valence-electron chi connectivity index (χ4n) is 3.92. The fourth-order valence-corrected chi connectivity index (χ4v) is 5.14. The van der Waals surface area contributed by atoms with Crippen LogP contribution in [0.3, 0.4) is 0 Å². The Labute approximate surface area is 179 Å². The molecule has 2 N–H and O–H groups in total. The van der Waals surface area contributed by atoms with Gasteiger partial charge in [-0.05, 0) is 74.9 Å². The number of hydrogen-bond acceptors (Lipinski definition) is 6. The van der Waals surface area contributed by atoms with Gasteiger partial charge in [0.1, 0.15) is 0 Å². The molecule has 0 radical (unpaired) electrons. The summed E-state index contributed by atoms with van der Waals surface area (Å²) < 4.78 is 0. The summed E-state index contributed by atoms with van der Waals surface area (Å²) >= 11 is 1.91. The molecule has 2 unspecified atom stereocenters. The molecule has 1 aromatic heterocycles. The van der Waals surface area contributed by atoms with Crippen molar-refractivity contribution in [3.05, 3.63) is 48.6 Å². The standard InChI is InChI=1S/C24H23N5S/c1-14-27-9-3-4-18(10-15-11-23(15)30-14)28-24-19-7-5-16(25)12-21(19)29-22-13-17(26-2)6-8-20(22)24/h3-8,12-13,15,23H,2,9-11,25H2,1H3/b4-3-,27-14?,28-18?. The highest BCUT2D eigenvalue weighted by Gasteiger charge is 2.38. The highest BCUT2D eigenvalue weighted by atomic mass is 32.2. The zero-order valence-corrected chi connectivity index (χ0v) is 17.7. The molecule has 0 bridgehead atoms. The Morgan fingerprint density at radius 1 is 1.13 bits per heavy atom. The number of aromatic nitrogens is 1. The quantitative estimate of drug-likeness (QED) is 0.324. The zero-order valence-electron chi connectivity index (χ0n) is 16.9. The Morgan fingerprint density at radius 3 is 2.77 bits per heavy atom. The van der Waals surface area contributed by atoms with Crippen molar-refractivity contribution in [2.24, 2.45) is 20.9 Å². The van der Waals surface area contributed by atoms with Crippen LogP contribution in [0.1, 0.15) is 19.8 Å². The molecule has 5 nitrogen and oxygen atoms in total. The largest absolute Gasteiger partial charge is 0.399 e. The number of aliphatic imine (C=N–C) groups is 3. The first-order chi connectivity index (χ1) is 14.6. The smallest absolute Gasteiger partial charge is 0.0821 e. The molecule has 0 amide bonds. The molecule has 3 aromatic rings. The van der Waals surface area contributed by atoms with Crippen LogP contribution >= 0.6 is 11.8 Å². The maximum absolute atomic E-state index is 6.03. The molecule has 1 saturated carbocycles. The molecule has 1 fully saturated rings. The molecular formula is C24H23N5S. The Kier molecular flexibility index (Phi) is 4.87. The normalized spacial score (nSPS) is 23.8. The molecule has 2 heterocycles. The van der Waals surface area contributed by atoms with Gasteiger partial charge < -0.3 is 5.73 Å². The maximum Gasteiger partial charge on any atom is 0.0821 e. The fraction of sp³-hybridized carbons (Fsp3) is 0.250. The van der Waals surface area contributed by atoms with Gasteiger partial charge in [0.15, 0.2) is 0 Å². The van der Waals surface area contributed by atoms with Crippen molar-refractivity contribution in [1.29, 1.82) is 0 Å². The molecule has 1 aliphatic carbocycles. The van der Waals surface area contributed by atoms with Gasteiger partial charge in [-0.2, -0.15) is 0 Å². The number of anilines is 1. The summed E-state index contributed by atoms with van der Waals surface area (Å²) in [5, 5.41) is 3.86. The summed E-state index contributed by atoms with van der Waals surface area (Å²) in [6.45, 7) is 6.44. The number of fused-ring (bicyclic) bond motifs is 3. The van der Waals surface area contributed by atoms with Gasteiger partial charge in [-0.1, -0.05) is 6.08 Å². The van der Waals surface area contributed by atoms with Crippen LogP contribution in [0.25, 0.3) is 21.8 Å². The molecule has 2 aromatic carbocycles. The summed E-state index contributed by atoms with van der Waals surface area (Å²) in [4.78, 5) is 18.7. The number of rotatable bonds is 2. The second-order valence-electron chi connectivity index (χ2n) is 7.82. The van der Waals surface area contributed by atoms with E-state index >= 15 is 0 Å². The first-order valence-corrected chi connectivity index (χ1v) is 11.0. The van der Waals surface area contributed by atoms with Gasteiger partial charge in [0, 0.05) is 27.4 Å². The molecule has 5 rings (SSSR count). The predicted octanol–water partition coefficient (Wildman–Crippen LogP) is 5.87. The van der Waals surface area contributed by atoms with Crippen LogP contribution in [0, 0.1) is 5.92 Å². The van der Waals surface area contributed by atoms with Crippen LogP contribution in [0.15, 0.2) is 63.5 Å². The Hall–Kier alpha value is -2.99. The molecule has 2 atom stereocenters. The van der Waals surface area contributed by atoms with Crippen molar-refractivity contribution in [3.8, 4) is 0 Å². The highest BCUT2D eigenvalue weighted by Crippen LogP contribution is 2.45. The van der Waals surface area contributed by atoms with Gasteiger partial charge in [-0.25, -0.2) is 4.98 Å². The van der Waals surface area contributed by atoms with Gasteiger partial charge >= 0.3 is 0 Å². The number of nitrogens with zero attached hydrogens (tertiary/aromatic N) is 4. The third-order valence-electron chi connectivity index (χ3n) is 5.57. The number of benzene rings is 2. The Morgan fingerprint density at radius 2 is 1.93 bits per heavy atom. The Bertz CT molecular complexity index is 1260. The van der Waals surface area contributed by atoms with E-state index in [1.807, 2.05) is 48.2 Å². The van der Waals surface area contributed by atoms with Crippen molar-refractivity contribution in [3.63, 3.8) is 0 Å². The van der Waals surface area contributed by atoms with Crippen molar-refractivity contribution >= 4 is 68.1 Å². The number of thioether (sulfide) groups is 1. The lowest BCUT2D eigenvalue weighted by atomic mass is 10.1. The predicted molar refractivity (Wildman–Crippen MR) is 131 cm³/mol. The van der Waals surface area contributed by atoms with Crippen molar-refractivity contribution < 1.29 is 0 Å². The van der Waals surface area contributed by atoms with E-state index in [4.69, 9.17) is 15.7 Å². The molecule has 1 aliphatic heterocycles. The third-order valence-corrected chi connectivity index (χ3v) is 6.92. The summed E-state index contributed by atoms with van der Waals surface area (Å²) in [5.74, 6) is 0.660. The van der Waals surface area contributed by atoms with E-state index in [0.29, 0.717) is 23.4 Å². The van der Waals surface area contributed by atoms with E-state index in [1.165, 1.54) is 11.5 Å². The molecule has 6 heteroatoms. The average Bonchev–Trinajstić information content (AvgIpc) is 3.47. The summed E-state index contributed by atoms with van der Waals surface area (Å²) in [6.07, 6.45) is 6.45. The molecule has 0 spiro atoms. The van der Waals surface area contributed by atoms with Crippen molar-refractivity contribution in [1.82, 2.24) is 4.98 Å². The molecule has 0 saturated heterocycles. The monoisotopic (exact) mass is 413 g/mol. The van der Waals surface area contributed by atoms with Crippen LogP contribution in [0.5, 0.6) is 0 Å². The van der Waals surface area contributed by atoms with Crippen molar-refractivity contribution in [2.45, 2.75) is 25.0 Å². The molecule has 150 valence electrons. The minimum absolute atomic E-state index is 0.660. The van der Waals surface area contributed by atoms with Crippen LogP contribution in [-0.4, -0.2) is 34.3 Å². The van der Waals surface area contributed by atoms with E-state index in [1.54, 1.807) is 0 Å². The minimum Gasteiger partial charge on any atom is -0.399 e. The molecule has 30 heavy (non-hydrogen) atoms. The number of pyridine rings is 1. The van der Waals surface area contributed by atoms with Crippen molar-refractivity contribution in [2.75, 3.05) is 12.3 Å². The van der Waals surface area contributed by atoms with Gasteiger partial charge in [-0.15, -0.1) is 11.8 Å². The second-order valence-corrected chi connectivity index (χ2v) is 9.25. The first kappa shape index (κ1) is 19.0. The van der Waals surface area contributed by atoms with Crippen LogP contribution in [0.4, 0.5) is 17.1 Å². The number of hydrogen-bond donors (Lipinski definition) is 1. The number of nitrogens with two attached hydrogens (primary N) is 1. The summed E-state index contributed by atoms with van der Waals surface area (Å²) in [7, 11) is 0. The summed E-state index contributed by atoms with van der Waals surface area (Å²) in [6, 6.07) is 11.8. The van der Waals surface area contributed by atoms with E-state index < -0.39 is 0 Å². The lowest BCUT2D eigenvalue weighted by Crippen LogP contribution is -2.01. The molecule has 2 aliphatic rings. The van der Waals surface area contributed by atoms with Gasteiger partial charge in [0.05, 0.1) is 34.0 Å². The zero-order chi connectivity index (χ0) is 20.7.